The number of aromatic nitrogens is 1. The molecule has 0 saturated heterocycles. The fourth-order valence-corrected chi connectivity index (χ4v) is 1.94. The molecule has 0 bridgehead atoms. The van der Waals surface area contributed by atoms with E-state index in [0.29, 0.717) is 0 Å². The van der Waals surface area contributed by atoms with Crippen LogP contribution < -0.4 is 10.6 Å². The molecule has 0 unspecified atom stereocenters. The third-order valence-electron chi connectivity index (χ3n) is 2.81. The summed E-state index contributed by atoms with van der Waals surface area (Å²) in [6.07, 6.45) is 2.54. The van der Waals surface area contributed by atoms with Crippen LogP contribution in [0.1, 0.15) is 5.56 Å². The summed E-state index contributed by atoms with van der Waals surface area (Å²) in [7, 11) is 0. The van der Waals surface area contributed by atoms with E-state index in [9.17, 15) is 13.2 Å². The van der Waals surface area contributed by atoms with Crippen molar-refractivity contribution < 1.29 is 18.4 Å². The lowest BCUT2D eigenvalue weighted by atomic mass is 10.1. The summed E-state index contributed by atoms with van der Waals surface area (Å²) in [5, 5.41) is 9.88. The van der Waals surface area contributed by atoms with Crippen molar-refractivity contribution in [1.29, 1.82) is 0 Å². The summed E-state index contributed by atoms with van der Waals surface area (Å²) in [4.78, 5) is 11.3. The van der Waals surface area contributed by atoms with Gasteiger partial charge >= 0.3 is 6.18 Å². The Morgan fingerprint density at radius 2 is 1.85 bits per heavy atom. The number of rotatable bonds is 0. The second-order valence-corrected chi connectivity index (χ2v) is 4.06. The van der Waals surface area contributed by atoms with Crippen molar-refractivity contribution in [2.75, 3.05) is 0 Å². The van der Waals surface area contributed by atoms with Gasteiger partial charge in [0, 0.05) is 23.8 Å². The molecule has 0 saturated carbocycles. The molecule has 2 aliphatic heterocycles. The third-order valence-corrected chi connectivity index (χ3v) is 2.81. The number of hydroxylamine groups is 2. The first-order valence-electron chi connectivity index (χ1n) is 5.51. The summed E-state index contributed by atoms with van der Waals surface area (Å²) in [5.74, 6) is 0.147. The SMILES string of the molecule is ON1C=CC(=c2c(C(F)(F)F)cnc3c2=NC=N3)C=C1. The molecule has 5 nitrogen and oxygen atoms in total. The number of aliphatic imine (C=N–C) groups is 1. The monoisotopic (exact) mass is 280 g/mol. The minimum atomic E-state index is -4.56. The number of halogens is 3. The molecule has 1 aromatic rings. The largest absolute Gasteiger partial charge is 0.418 e. The Morgan fingerprint density at radius 3 is 2.50 bits per heavy atom. The summed E-state index contributed by atoms with van der Waals surface area (Å²) < 4.78 is 39.3. The van der Waals surface area contributed by atoms with Crippen LogP contribution in [0.25, 0.3) is 5.57 Å². The average Bonchev–Trinajstić information content (AvgIpc) is 2.85. The molecule has 20 heavy (non-hydrogen) atoms. The van der Waals surface area contributed by atoms with E-state index in [1.54, 1.807) is 0 Å². The summed E-state index contributed by atoms with van der Waals surface area (Å²) in [6.45, 7) is 0. The van der Waals surface area contributed by atoms with E-state index in [4.69, 9.17) is 5.21 Å². The number of hydrogen-bond acceptors (Lipinski definition) is 5. The molecule has 1 aromatic heterocycles. The molecular formula is C12H7F3N4O. The zero-order valence-electron chi connectivity index (χ0n) is 9.83. The van der Waals surface area contributed by atoms with Crippen LogP contribution in [0, 0.1) is 0 Å². The van der Waals surface area contributed by atoms with Crippen LogP contribution in [0.3, 0.4) is 0 Å². The molecule has 0 amide bonds. The molecule has 102 valence electrons. The van der Waals surface area contributed by atoms with Gasteiger partial charge in [0.1, 0.15) is 11.7 Å². The Bertz CT molecular complexity index is 761. The van der Waals surface area contributed by atoms with E-state index in [0.717, 1.165) is 17.6 Å². The first kappa shape index (κ1) is 12.5. The summed E-state index contributed by atoms with van der Waals surface area (Å²) >= 11 is 0. The molecule has 0 fully saturated rings. The number of pyridine rings is 1. The highest BCUT2D eigenvalue weighted by Crippen LogP contribution is 2.27. The molecule has 3 heterocycles. The average molecular weight is 280 g/mol. The van der Waals surface area contributed by atoms with Crippen LogP contribution in [0.4, 0.5) is 19.0 Å². The molecule has 8 heteroatoms. The fourth-order valence-electron chi connectivity index (χ4n) is 1.94. The van der Waals surface area contributed by atoms with E-state index in [-0.39, 0.29) is 22.0 Å². The highest BCUT2D eigenvalue weighted by molar-refractivity contribution is 5.71. The highest BCUT2D eigenvalue weighted by atomic mass is 19.4. The second kappa shape index (κ2) is 4.27. The van der Waals surface area contributed by atoms with Crippen LogP contribution in [0.2, 0.25) is 0 Å². The van der Waals surface area contributed by atoms with E-state index in [1.165, 1.54) is 24.6 Å². The highest BCUT2D eigenvalue weighted by Gasteiger charge is 2.34. The topological polar surface area (TPSA) is 61.1 Å². The van der Waals surface area contributed by atoms with Gasteiger partial charge in [0.25, 0.3) is 0 Å². The van der Waals surface area contributed by atoms with Gasteiger partial charge in [0.15, 0.2) is 5.82 Å². The maximum absolute atomic E-state index is 13.1. The standard InChI is InChI=1S/C12H7F3N4O/c13-12(14,15)8-5-16-11-10(17-6-18-11)9(8)7-1-3-19(20)4-2-7/h1-6,20H. The second-order valence-electron chi connectivity index (χ2n) is 4.06. The van der Waals surface area contributed by atoms with Gasteiger partial charge in [-0.2, -0.15) is 13.2 Å². The fraction of sp³-hybridized carbons (Fsp3) is 0.0833. The predicted molar refractivity (Wildman–Crippen MR) is 63.5 cm³/mol. The van der Waals surface area contributed by atoms with Crippen molar-refractivity contribution >= 4 is 17.7 Å². The number of allylic oxidation sites excluding steroid dienone is 2. The van der Waals surface area contributed by atoms with Gasteiger partial charge in [-0.25, -0.2) is 20.0 Å². The Labute approximate surface area is 110 Å². The molecule has 0 spiro atoms. The molecule has 0 aliphatic carbocycles. The van der Waals surface area contributed by atoms with Gasteiger partial charge in [0.05, 0.1) is 5.56 Å². The van der Waals surface area contributed by atoms with Gasteiger partial charge in [-0.15, -0.1) is 0 Å². The maximum atomic E-state index is 13.1. The van der Waals surface area contributed by atoms with Gasteiger partial charge in [-0.3, -0.25) is 5.21 Å². The Kier molecular flexibility index (Phi) is 2.68. The van der Waals surface area contributed by atoms with E-state index >= 15 is 0 Å². The van der Waals surface area contributed by atoms with Gasteiger partial charge in [-0.05, 0) is 17.7 Å². The van der Waals surface area contributed by atoms with Crippen LogP contribution in [0.5, 0.6) is 0 Å². The zero-order chi connectivity index (χ0) is 14.3. The van der Waals surface area contributed by atoms with Crippen molar-refractivity contribution in [3.8, 4) is 0 Å². The van der Waals surface area contributed by atoms with Crippen molar-refractivity contribution in [3.63, 3.8) is 0 Å². The Balaban J connectivity index is 2.41. The van der Waals surface area contributed by atoms with Crippen molar-refractivity contribution in [2.45, 2.75) is 6.18 Å². The summed E-state index contributed by atoms with van der Waals surface area (Å²) in [5.41, 5.74) is -0.614. The van der Waals surface area contributed by atoms with Gasteiger partial charge < -0.3 is 0 Å². The molecule has 1 N–H and O–H groups in total. The summed E-state index contributed by atoms with van der Waals surface area (Å²) in [6, 6.07) is 0. The predicted octanol–water partition coefficient (Wildman–Crippen LogP) is 1.28. The van der Waals surface area contributed by atoms with Crippen LogP contribution in [-0.4, -0.2) is 21.6 Å². The van der Waals surface area contributed by atoms with E-state index in [1.807, 2.05) is 0 Å². The molecule has 0 aromatic carbocycles. The first-order chi connectivity index (χ1) is 9.47. The number of alkyl halides is 3. The number of fused-ring (bicyclic) bond motifs is 1. The van der Waals surface area contributed by atoms with Crippen LogP contribution in [-0.2, 0) is 6.18 Å². The van der Waals surface area contributed by atoms with Crippen molar-refractivity contribution in [1.82, 2.24) is 10.0 Å². The molecular weight excluding hydrogens is 273 g/mol. The first-order valence-corrected chi connectivity index (χ1v) is 5.51. The van der Waals surface area contributed by atoms with E-state index in [2.05, 4.69) is 15.0 Å². The normalized spacial score (nSPS) is 16.6. The van der Waals surface area contributed by atoms with E-state index < -0.39 is 11.7 Å². The maximum Gasteiger partial charge on any atom is 0.418 e. The Hall–Kier alpha value is -2.48. The number of nitrogens with zero attached hydrogens (tertiary/aromatic N) is 4. The minimum Gasteiger partial charge on any atom is -0.285 e. The van der Waals surface area contributed by atoms with Gasteiger partial charge in [0.2, 0.25) is 0 Å². The van der Waals surface area contributed by atoms with Crippen LogP contribution >= 0.6 is 0 Å². The molecule has 3 rings (SSSR count). The minimum absolute atomic E-state index is 0.0792. The van der Waals surface area contributed by atoms with Crippen molar-refractivity contribution in [2.24, 2.45) is 9.98 Å². The number of hydrogen-bond donors (Lipinski definition) is 1. The van der Waals surface area contributed by atoms with Crippen LogP contribution in [0.15, 0.2) is 40.7 Å². The molecule has 0 atom stereocenters. The molecule has 2 aliphatic rings. The molecule has 0 radical (unpaired) electrons. The lowest BCUT2D eigenvalue weighted by Gasteiger charge is -2.12. The Morgan fingerprint density at radius 1 is 1.15 bits per heavy atom. The van der Waals surface area contributed by atoms with Crippen molar-refractivity contribution in [3.05, 3.63) is 46.9 Å². The zero-order valence-corrected chi connectivity index (χ0v) is 9.83. The van der Waals surface area contributed by atoms with Gasteiger partial charge in [-0.1, -0.05) is 0 Å². The third kappa shape index (κ3) is 1.99. The lowest BCUT2D eigenvalue weighted by molar-refractivity contribution is -0.138. The lowest BCUT2D eigenvalue weighted by Crippen LogP contribution is -2.35. The smallest absolute Gasteiger partial charge is 0.285 e. The quantitative estimate of drug-likeness (QED) is 0.778.